The molecule has 0 spiro atoms. The topological polar surface area (TPSA) is 26.0 Å². The molecule has 0 saturated heterocycles. The molecular weight excluding hydrogens is 134 g/mol. The minimum absolute atomic E-state index is 0.728. The van der Waals surface area contributed by atoms with Gasteiger partial charge in [0.2, 0.25) is 0 Å². The molecule has 1 saturated carbocycles. The molecule has 2 N–H and O–H groups in total. The lowest BCUT2D eigenvalue weighted by Gasteiger charge is -2.24. The molecule has 1 atom stereocenters. The van der Waals surface area contributed by atoms with Gasteiger partial charge in [-0.2, -0.15) is 0 Å². The zero-order valence-corrected chi connectivity index (χ0v) is 7.47. The van der Waals surface area contributed by atoms with E-state index >= 15 is 0 Å². The van der Waals surface area contributed by atoms with E-state index in [2.05, 4.69) is 13.0 Å². The summed E-state index contributed by atoms with van der Waals surface area (Å²) in [6.07, 6.45) is 9.01. The minimum atomic E-state index is 0.728. The standard InChI is InChI=1S/C10H19N/c1-2-9-5-3-4-6-10(9)7-8-11/h7,9H,2-6,8,11H2,1H3. The van der Waals surface area contributed by atoms with Crippen LogP contribution in [0.15, 0.2) is 11.6 Å². The van der Waals surface area contributed by atoms with E-state index in [-0.39, 0.29) is 0 Å². The maximum Gasteiger partial charge on any atom is 0.0109 e. The Morgan fingerprint density at radius 3 is 3.00 bits per heavy atom. The van der Waals surface area contributed by atoms with Gasteiger partial charge in [-0.3, -0.25) is 0 Å². The molecule has 11 heavy (non-hydrogen) atoms. The van der Waals surface area contributed by atoms with Crippen LogP contribution in [0.3, 0.4) is 0 Å². The molecule has 1 heteroatoms. The highest BCUT2D eigenvalue weighted by atomic mass is 14.5. The van der Waals surface area contributed by atoms with Gasteiger partial charge in [-0.05, 0) is 31.6 Å². The third-order valence-corrected chi connectivity index (χ3v) is 2.67. The smallest absolute Gasteiger partial charge is 0.0109 e. The first kappa shape index (κ1) is 8.79. The van der Waals surface area contributed by atoms with Crippen molar-refractivity contribution in [3.63, 3.8) is 0 Å². The van der Waals surface area contributed by atoms with Gasteiger partial charge in [-0.25, -0.2) is 0 Å². The zero-order valence-electron chi connectivity index (χ0n) is 7.47. The van der Waals surface area contributed by atoms with Crippen LogP contribution in [0.25, 0.3) is 0 Å². The van der Waals surface area contributed by atoms with Crippen LogP contribution in [-0.2, 0) is 0 Å². The van der Waals surface area contributed by atoms with Crippen molar-refractivity contribution in [2.75, 3.05) is 6.54 Å². The maximum atomic E-state index is 5.50. The highest BCUT2D eigenvalue weighted by Gasteiger charge is 2.15. The van der Waals surface area contributed by atoms with Gasteiger partial charge in [-0.15, -0.1) is 0 Å². The number of hydrogen-bond donors (Lipinski definition) is 1. The van der Waals surface area contributed by atoms with Crippen LogP contribution < -0.4 is 5.73 Å². The molecule has 0 radical (unpaired) electrons. The molecule has 0 bridgehead atoms. The first-order chi connectivity index (χ1) is 5.38. The third-order valence-electron chi connectivity index (χ3n) is 2.67. The van der Waals surface area contributed by atoms with Crippen molar-refractivity contribution in [1.82, 2.24) is 0 Å². The molecule has 0 amide bonds. The Balaban J connectivity index is 2.51. The molecule has 0 heterocycles. The molecule has 1 aliphatic rings. The van der Waals surface area contributed by atoms with Gasteiger partial charge in [0.05, 0.1) is 0 Å². The monoisotopic (exact) mass is 153 g/mol. The molecule has 0 aromatic carbocycles. The predicted octanol–water partition coefficient (Wildman–Crippen LogP) is 2.47. The van der Waals surface area contributed by atoms with Crippen LogP contribution in [0.2, 0.25) is 0 Å². The quantitative estimate of drug-likeness (QED) is 0.606. The van der Waals surface area contributed by atoms with E-state index in [9.17, 15) is 0 Å². The first-order valence-corrected chi connectivity index (χ1v) is 4.77. The summed E-state index contributed by atoms with van der Waals surface area (Å²) in [5.74, 6) is 0.854. The van der Waals surface area contributed by atoms with E-state index in [1.54, 1.807) is 5.57 Å². The molecule has 1 rings (SSSR count). The Morgan fingerprint density at radius 2 is 2.36 bits per heavy atom. The molecule has 64 valence electrons. The third kappa shape index (κ3) is 2.33. The van der Waals surface area contributed by atoms with Crippen molar-refractivity contribution in [2.45, 2.75) is 39.0 Å². The van der Waals surface area contributed by atoms with E-state index in [1.807, 2.05) is 0 Å². The van der Waals surface area contributed by atoms with Crippen LogP contribution in [0, 0.1) is 5.92 Å². The van der Waals surface area contributed by atoms with Crippen LogP contribution in [-0.4, -0.2) is 6.54 Å². The molecule has 1 aliphatic carbocycles. The lowest BCUT2D eigenvalue weighted by Crippen LogP contribution is -2.10. The van der Waals surface area contributed by atoms with E-state index in [1.165, 1.54) is 32.1 Å². The SMILES string of the molecule is CCC1CCCCC1=CCN. The van der Waals surface area contributed by atoms with Crippen molar-refractivity contribution >= 4 is 0 Å². The van der Waals surface area contributed by atoms with Gasteiger partial charge in [0.15, 0.2) is 0 Å². The molecule has 0 aliphatic heterocycles. The average molecular weight is 153 g/mol. The van der Waals surface area contributed by atoms with Gasteiger partial charge < -0.3 is 5.73 Å². The van der Waals surface area contributed by atoms with E-state index in [0.29, 0.717) is 0 Å². The average Bonchev–Trinajstić information content (AvgIpc) is 2.06. The van der Waals surface area contributed by atoms with Gasteiger partial charge in [-0.1, -0.05) is 25.0 Å². The van der Waals surface area contributed by atoms with Gasteiger partial charge in [0, 0.05) is 6.54 Å². The second kappa shape index (κ2) is 4.55. The summed E-state index contributed by atoms with van der Waals surface area (Å²) >= 11 is 0. The van der Waals surface area contributed by atoms with Gasteiger partial charge in [0.1, 0.15) is 0 Å². The highest BCUT2D eigenvalue weighted by Crippen LogP contribution is 2.30. The second-order valence-electron chi connectivity index (χ2n) is 3.37. The number of nitrogens with two attached hydrogens (primary N) is 1. The van der Waals surface area contributed by atoms with Crippen molar-refractivity contribution in [3.05, 3.63) is 11.6 Å². The fourth-order valence-corrected chi connectivity index (χ4v) is 2.00. The number of hydrogen-bond acceptors (Lipinski definition) is 1. The maximum absolute atomic E-state index is 5.50. The Hall–Kier alpha value is -0.300. The summed E-state index contributed by atoms with van der Waals surface area (Å²) in [5.41, 5.74) is 7.13. The summed E-state index contributed by atoms with van der Waals surface area (Å²) in [6.45, 7) is 3.01. The summed E-state index contributed by atoms with van der Waals surface area (Å²) in [5, 5.41) is 0. The van der Waals surface area contributed by atoms with Crippen molar-refractivity contribution in [3.8, 4) is 0 Å². The van der Waals surface area contributed by atoms with E-state index in [0.717, 1.165) is 12.5 Å². The number of allylic oxidation sites excluding steroid dienone is 1. The van der Waals surface area contributed by atoms with Crippen molar-refractivity contribution in [2.24, 2.45) is 11.7 Å². The van der Waals surface area contributed by atoms with Gasteiger partial charge >= 0.3 is 0 Å². The van der Waals surface area contributed by atoms with Crippen LogP contribution >= 0.6 is 0 Å². The van der Waals surface area contributed by atoms with E-state index in [4.69, 9.17) is 5.73 Å². The zero-order chi connectivity index (χ0) is 8.10. The fraction of sp³-hybridized carbons (Fsp3) is 0.800. The lowest BCUT2D eigenvalue weighted by atomic mass is 9.82. The highest BCUT2D eigenvalue weighted by molar-refractivity contribution is 5.09. The number of rotatable bonds is 2. The predicted molar refractivity (Wildman–Crippen MR) is 49.4 cm³/mol. The summed E-state index contributed by atoms with van der Waals surface area (Å²) < 4.78 is 0. The molecular formula is C10H19N. The van der Waals surface area contributed by atoms with E-state index < -0.39 is 0 Å². The molecule has 1 unspecified atom stereocenters. The van der Waals surface area contributed by atoms with Crippen molar-refractivity contribution in [1.29, 1.82) is 0 Å². The van der Waals surface area contributed by atoms with Crippen LogP contribution in [0.5, 0.6) is 0 Å². The minimum Gasteiger partial charge on any atom is -0.327 e. The normalized spacial score (nSPS) is 29.3. The van der Waals surface area contributed by atoms with Crippen LogP contribution in [0.1, 0.15) is 39.0 Å². The summed E-state index contributed by atoms with van der Waals surface area (Å²) in [4.78, 5) is 0. The Morgan fingerprint density at radius 1 is 1.55 bits per heavy atom. The second-order valence-corrected chi connectivity index (χ2v) is 3.37. The molecule has 0 aromatic heterocycles. The molecule has 1 nitrogen and oxygen atoms in total. The Bertz CT molecular complexity index is 138. The van der Waals surface area contributed by atoms with Crippen molar-refractivity contribution < 1.29 is 0 Å². The largest absolute Gasteiger partial charge is 0.327 e. The first-order valence-electron chi connectivity index (χ1n) is 4.77. The Labute approximate surface area is 69.7 Å². The molecule has 1 fully saturated rings. The molecule has 0 aromatic rings. The van der Waals surface area contributed by atoms with Crippen LogP contribution in [0.4, 0.5) is 0 Å². The fourth-order valence-electron chi connectivity index (χ4n) is 2.00. The summed E-state index contributed by atoms with van der Waals surface area (Å²) in [7, 11) is 0. The Kier molecular flexibility index (Phi) is 3.64. The summed E-state index contributed by atoms with van der Waals surface area (Å²) in [6, 6.07) is 0. The van der Waals surface area contributed by atoms with Gasteiger partial charge in [0.25, 0.3) is 0 Å². The lowest BCUT2D eigenvalue weighted by molar-refractivity contribution is 0.441.